The van der Waals surface area contributed by atoms with Gasteiger partial charge in [-0.25, -0.2) is 0 Å². The molecule has 1 fully saturated rings. The highest BCUT2D eigenvalue weighted by Gasteiger charge is 2.46. The van der Waals surface area contributed by atoms with Gasteiger partial charge in [-0.1, -0.05) is 23.2 Å². The molecular weight excluding hydrogens is 349 g/mol. The van der Waals surface area contributed by atoms with Crippen molar-refractivity contribution in [3.05, 3.63) is 28.2 Å². The van der Waals surface area contributed by atoms with Crippen LogP contribution in [0.5, 0.6) is 5.75 Å². The molecule has 7 nitrogen and oxygen atoms in total. The van der Waals surface area contributed by atoms with Crippen LogP contribution in [0.2, 0.25) is 10.0 Å². The van der Waals surface area contributed by atoms with Crippen LogP contribution >= 0.6 is 23.2 Å². The van der Waals surface area contributed by atoms with Gasteiger partial charge in [0.15, 0.2) is 0 Å². The maximum atomic E-state index is 11.3. The zero-order valence-corrected chi connectivity index (χ0v) is 13.7. The summed E-state index contributed by atoms with van der Waals surface area (Å²) in [5.74, 6) is -0.222. The van der Waals surface area contributed by atoms with E-state index in [4.69, 9.17) is 32.7 Å². The van der Waals surface area contributed by atoms with Crippen LogP contribution in [0.15, 0.2) is 18.2 Å². The average Bonchev–Trinajstić information content (AvgIpc) is 2.48. The average molecular weight is 366 g/mol. The molecule has 0 aliphatic carbocycles. The van der Waals surface area contributed by atoms with Gasteiger partial charge in [0.05, 0.1) is 11.6 Å². The van der Waals surface area contributed by atoms with E-state index in [0.29, 0.717) is 5.02 Å². The second-order valence-electron chi connectivity index (χ2n) is 5.13. The van der Waals surface area contributed by atoms with E-state index in [0.717, 1.165) is 0 Å². The lowest BCUT2D eigenvalue weighted by Crippen LogP contribution is -2.65. The van der Waals surface area contributed by atoms with Crippen LogP contribution in [0, 0.1) is 0 Å². The Balaban J connectivity index is 2.25. The summed E-state index contributed by atoms with van der Waals surface area (Å²) < 4.78 is 11.0. The van der Waals surface area contributed by atoms with E-state index in [1.165, 1.54) is 19.1 Å². The summed E-state index contributed by atoms with van der Waals surface area (Å²) in [4.78, 5) is 11.3. The van der Waals surface area contributed by atoms with Crippen molar-refractivity contribution >= 4 is 29.1 Å². The van der Waals surface area contributed by atoms with Gasteiger partial charge in [0, 0.05) is 11.9 Å². The Morgan fingerprint density at radius 3 is 2.61 bits per heavy atom. The molecule has 5 atom stereocenters. The van der Waals surface area contributed by atoms with Crippen molar-refractivity contribution in [2.24, 2.45) is 0 Å². The van der Waals surface area contributed by atoms with Crippen LogP contribution in [0.4, 0.5) is 0 Å². The summed E-state index contributed by atoms with van der Waals surface area (Å²) in [5, 5.41) is 32.4. The Bertz CT molecular complexity index is 572. The van der Waals surface area contributed by atoms with Gasteiger partial charge in [-0.05, 0) is 18.2 Å². The smallest absolute Gasteiger partial charge is 0.223 e. The monoisotopic (exact) mass is 365 g/mol. The molecule has 128 valence electrons. The van der Waals surface area contributed by atoms with E-state index in [2.05, 4.69) is 5.32 Å². The van der Waals surface area contributed by atoms with Crippen LogP contribution in [0.3, 0.4) is 0 Å². The van der Waals surface area contributed by atoms with E-state index in [-0.39, 0.29) is 10.8 Å². The second kappa shape index (κ2) is 7.65. The molecular formula is C14H17Cl2NO6. The van der Waals surface area contributed by atoms with Crippen molar-refractivity contribution in [2.75, 3.05) is 6.61 Å². The minimum absolute atomic E-state index is 0.212. The van der Waals surface area contributed by atoms with E-state index in [9.17, 15) is 20.1 Å². The third-order valence-electron chi connectivity index (χ3n) is 3.39. The summed E-state index contributed by atoms with van der Waals surface area (Å²) in [6.07, 6.45) is -4.99. The molecule has 0 spiro atoms. The van der Waals surface area contributed by atoms with Gasteiger partial charge in [0.1, 0.15) is 30.1 Å². The van der Waals surface area contributed by atoms with Gasteiger partial charge in [0.2, 0.25) is 12.2 Å². The highest BCUT2D eigenvalue weighted by atomic mass is 35.5. The molecule has 1 amide bonds. The van der Waals surface area contributed by atoms with E-state index >= 15 is 0 Å². The first-order valence-electron chi connectivity index (χ1n) is 6.84. The predicted molar refractivity (Wildman–Crippen MR) is 82.5 cm³/mol. The molecule has 1 aliphatic heterocycles. The molecule has 0 bridgehead atoms. The van der Waals surface area contributed by atoms with Gasteiger partial charge in [-0.3, -0.25) is 4.79 Å². The van der Waals surface area contributed by atoms with Crippen LogP contribution in [-0.4, -0.2) is 58.5 Å². The van der Waals surface area contributed by atoms with E-state index in [1.54, 1.807) is 6.07 Å². The number of nitrogens with one attached hydrogen (secondary N) is 1. The maximum absolute atomic E-state index is 11.3. The van der Waals surface area contributed by atoms with E-state index < -0.39 is 43.2 Å². The number of amides is 1. The number of aliphatic hydroxyl groups excluding tert-OH is 3. The number of carbonyl (C=O) groups excluding carboxylic acids is 1. The summed E-state index contributed by atoms with van der Waals surface area (Å²) in [7, 11) is 0. The predicted octanol–water partition coefficient (Wildman–Crippen LogP) is 0.316. The molecule has 1 heterocycles. The topological polar surface area (TPSA) is 108 Å². The molecule has 1 aromatic rings. The third-order valence-corrected chi connectivity index (χ3v) is 3.92. The molecule has 1 saturated heterocycles. The Hall–Kier alpha value is -1.09. The quantitative estimate of drug-likeness (QED) is 0.611. The standard InChI is InChI=1S/C14H17Cl2NO6/c1-6(19)17-11-13(21)12(20)10(5-18)23-14(11)22-9-3-2-7(15)4-8(9)16/h2-4,10-14,18,20-21H,5H2,1H3,(H,17,19)/t10-,11+,12-,13-,14-/m1/s1. The van der Waals surface area contributed by atoms with Crippen molar-refractivity contribution in [2.45, 2.75) is 37.6 Å². The molecule has 0 aromatic heterocycles. The zero-order valence-electron chi connectivity index (χ0n) is 12.1. The van der Waals surface area contributed by atoms with Crippen LogP contribution in [-0.2, 0) is 9.53 Å². The zero-order chi connectivity index (χ0) is 17.1. The molecule has 23 heavy (non-hydrogen) atoms. The summed E-state index contributed by atoms with van der Waals surface area (Å²) in [6.45, 7) is 0.725. The van der Waals surface area contributed by atoms with Crippen molar-refractivity contribution in [1.29, 1.82) is 0 Å². The van der Waals surface area contributed by atoms with Gasteiger partial charge in [0.25, 0.3) is 0 Å². The molecule has 4 N–H and O–H groups in total. The first kappa shape index (κ1) is 18.3. The van der Waals surface area contributed by atoms with Gasteiger partial charge >= 0.3 is 0 Å². The number of benzene rings is 1. The van der Waals surface area contributed by atoms with Crippen LogP contribution in [0.1, 0.15) is 6.92 Å². The minimum Gasteiger partial charge on any atom is -0.461 e. The molecule has 9 heteroatoms. The van der Waals surface area contributed by atoms with Gasteiger partial charge in [-0.15, -0.1) is 0 Å². The number of rotatable bonds is 4. The van der Waals surface area contributed by atoms with Crippen molar-refractivity contribution in [3.8, 4) is 5.75 Å². The molecule has 0 saturated carbocycles. The molecule has 1 aromatic carbocycles. The number of hydrogen-bond donors (Lipinski definition) is 4. The van der Waals surface area contributed by atoms with Gasteiger partial charge < -0.3 is 30.1 Å². The normalized spacial score (nSPS) is 30.8. The lowest BCUT2D eigenvalue weighted by Gasteiger charge is -2.42. The third kappa shape index (κ3) is 4.26. The Morgan fingerprint density at radius 1 is 1.35 bits per heavy atom. The van der Waals surface area contributed by atoms with E-state index in [1.807, 2.05) is 0 Å². The Morgan fingerprint density at radius 2 is 2.04 bits per heavy atom. The van der Waals surface area contributed by atoms with Crippen molar-refractivity contribution < 1.29 is 29.6 Å². The van der Waals surface area contributed by atoms with Crippen molar-refractivity contribution in [3.63, 3.8) is 0 Å². The highest BCUT2D eigenvalue weighted by Crippen LogP contribution is 2.31. The van der Waals surface area contributed by atoms with Crippen molar-refractivity contribution in [1.82, 2.24) is 5.32 Å². The maximum Gasteiger partial charge on any atom is 0.223 e. The molecule has 2 rings (SSSR count). The second-order valence-corrected chi connectivity index (χ2v) is 5.97. The summed E-state index contributed by atoms with van der Waals surface area (Å²) in [6, 6.07) is 3.47. The number of carbonyl (C=O) groups is 1. The fraction of sp³-hybridized carbons (Fsp3) is 0.500. The fourth-order valence-corrected chi connectivity index (χ4v) is 2.72. The fourth-order valence-electron chi connectivity index (χ4n) is 2.27. The summed E-state index contributed by atoms with van der Waals surface area (Å²) >= 11 is 11.8. The number of ether oxygens (including phenoxy) is 2. The molecule has 0 unspecified atom stereocenters. The number of halogens is 2. The van der Waals surface area contributed by atoms with Gasteiger partial charge in [-0.2, -0.15) is 0 Å². The number of aliphatic hydroxyl groups is 3. The Kier molecular flexibility index (Phi) is 6.07. The highest BCUT2D eigenvalue weighted by molar-refractivity contribution is 6.35. The molecule has 1 aliphatic rings. The Labute approximate surface area is 142 Å². The minimum atomic E-state index is -1.39. The lowest BCUT2D eigenvalue weighted by atomic mass is 9.97. The lowest BCUT2D eigenvalue weighted by molar-refractivity contribution is -0.244. The first-order valence-corrected chi connectivity index (χ1v) is 7.60. The molecule has 0 radical (unpaired) electrons. The largest absolute Gasteiger partial charge is 0.461 e. The SMILES string of the molecule is CC(=O)N[C@@H]1[C@H](Oc2ccc(Cl)cc2Cl)O[C@H](CO)[C@@H](O)[C@@H]1O. The number of hydrogen-bond acceptors (Lipinski definition) is 6. The first-order chi connectivity index (χ1) is 10.8. The van der Waals surface area contributed by atoms with Crippen LogP contribution in [0.25, 0.3) is 0 Å². The summed E-state index contributed by atoms with van der Waals surface area (Å²) in [5.41, 5.74) is 0. The van der Waals surface area contributed by atoms with Crippen LogP contribution < -0.4 is 10.1 Å².